The molecule has 3 amide bonds. The first kappa shape index (κ1) is 34.2. The number of carbonyl (C=O) groups is 3. The van der Waals surface area contributed by atoms with E-state index in [1.807, 2.05) is 60.7 Å². The molecule has 3 aromatic rings. The Bertz CT molecular complexity index is 1520. The van der Waals surface area contributed by atoms with Gasteiger partial charge >= 0.3 is 6.09 Å². The summed E-state index contributed by atoms with van der Waals surface area (Å²) >= 11 is 0. The number of sulfonamides is 1. The van der Waals surface area contributed by atoms with Crippen molar-refractivity contribution in [1.29, 1.82) is 0 Å². The molecule has 7 N–H and O–H groups in total. The van der Waals surface area contributed by atoms with Crippen molar-refractivity contribution in [3.8, 4) is 0 Å². The third-order valence-corrected chi connectivity index (χ3v) is 7.99. The summed E-state index contributed by atoms with van der Waals surface area (Å²) in [5, 5.41) is 33.9. The van der Waals surface area contributed by atoms with E-state index in [-0.39, 0.29) is 35.8 Å². The number of rotatable bonds is 15. The molecule has 3 rings (SSSR count). The minimum absolute atomic E-state index is 0.00978. The molecule has 44 heavy (non-hydrogen) atoms. The molecule has 0 aromatic heterocycles. The van der Waals surface area contributed by atoms with Crippen molar-refractivity contribution in [2.24, 2.45) is 10.6 Å². The van der Waals surface area contributed by atoms with Crippen molar-refractivity contribution in [1.82, 2.24) is 16.0 Å². The van der Waals surface area contributed by atoms with Gasteiger partial charge in [-0.05, 0) is 54.0 Å². The maximum absolute atomic E-state index is 13.3. The smallest absolute Gasteiger partial charge is 0.404 e. The number of carboxylic acid groups (broad SMARTS) is 1. The number of primary sulfonamides is 1. The van der Waals surface area contributed by atoms with Crippen LogP contribution < -0.4 is 21.1 Å². The van der Waals surface area contributed by atoms with Gasteiger partial charge in [-0.1, -0.05) is 80.6 Å². The van der Waals surface area contributed by atoms with Gasteiger partial charge in [0.2, 0.25) is 15.9 Å². The molecular formula is C32H40N4O7S. The Balaban J connectivity index is 1.83. The van der Waals surface area contributed by atoms with E-state index >= 15 is 0 Å². The average Bonchev–Trinajstić information content (AvgIpc) is 2.96. The lowest BCUT2D eigenvalue weighted by molar-refractivity contribution is -0.124. The van der Waals surface area contributed by atoms with Crippen LogP contribution in [0, 0.1) is 5.41 Å². The topological polar surface area (TPSA) is 188 Å². The zero-order valence-electron chi connectivity index (χ0n) is 24.8. The van der Waals surface area contributed by atoms with Crippen LogP contribution in [0.1, 0.15) is 48.2 Å². The van der Waals surface area contributed by atoms with Crippen LogP contribution in [0.5, 0.6) is 0 Å². The summed E-state index contributed by atoms with van der Waals surface area (Å²) in [7, 11) is -4.02. The van der Waals surface area contributed by atoms with Gasteiger partial charge in [0, 0.05) is 24.6 Å². The number of aliphatic hydroxyl groups excluding tert-OH is 1. The molecule has 0 fully saturated rings. The van der Waals surface area contributed by atoms with Gasteiger partial charge in [-0.2, -0.15) is 0 Å². The first-order valence-corrected chi connectivity index (χ1v) is 15.7. The van der Waals surface area contributed by atoms with E-state index < -0.39 is 45.6 Å². The molecule has 0 aliphatic heterocycles. The maximum Gasteiger partial charge on any atom is 0.404 e. The second-order valence-electron chi connectivity index (χ2n) is 11.6. The van der Waals surface area contributed by atoms with E-state index in [2.05, 4.69) is 16.0 Å². The monoisotopic (exact) mass is 624 g/mol. The lowest BCUT2D eigenvalue weighted by Gasteiger charge is -2.30. The number of carbonyl (C=O) groups excluding carboxylic acids is 2. The Hall–Kier alpha value is -4.26. The molecule has 3 aromatic carbocycles. The van der Waals surface area contributed by atoms with Gasteiger partial charge in [0.25, 0.3) is 5.91 Å². The Kier molecular flexibility index (Phi) is 12.0. The van der Waals surface area contributed by atoms with Crippen molar-refractivity contribution in [2.45, 2.75) is 62.6 Å². The Labute approximate surface area is 257 Å². The van der Waals surface area contributed by atoms with Crippen LogP contribution in [0.2, 0.25) is 0 Å². The third-order valence-electron chi connectivity index (χ3n) is 7.08. The zero-order chi connectivity index (χ0) is 32.3. The summed E-state index contributed by atoms with van der Waals surface area (Å²) < 4.78 is 23.7. The molecule has 0 saturated heterocycles. The van der Waals surface area contributed by atoms with E-state index in [0.29, 0.717) is 12.8 Å². The zero-order valence-corrected chi connectivity index (χ0v) is 25.6. The molecule has 0 saturated carbocycles. The minimum Gasteiger partial charge on any atom is -0.465 e. The lowest BCUT2D eigenvalue weighted by atomic mass is 9.88. The van der Waals surface area contributed by atoms with Crippen LogP contribution in [-0.4, -0.2) is 61.3 Å². The average molecular weight is 625 g/mol. The summed E-state index contributed by atoms with van der Waals surface area (Å²) in [6.07, 6.45) is -1.53. The second-order valence-corrected chi connectivity index (χ2v) is 13.2. The van der Waals surface area contributed by atoms with Crippen LogP contribution in [0.15, 0.2) is 89.8 Å². The van der Waals surface area contributed by atoms with Gasteiger partial charge in [-0.15, -0.1) is 0 Å². The predicted octanol–water partition coefficient (Wildman–Crippen LogP) is 2.84. The molecule has 3 atom stereocenters. The summed E-state index contributed by atoms with van der Waals surface area (Å²) in [4.78, 5) is 37.2. The van der Waals surface area contributed by atoms with Crippen LogP contribution in [-0.2, 0) is 27.7 Å². The number of aliphatic hydroxyl groups is 1. The fraction of sp³-hybridized carbons (Fsp3) is 0.344. The fourth-order valence-corrected chi connectivity index (χ4v) is 5.41. The van der Waals surface area contributed by atoms with E-state index in [9.17, 15) is 27.9 Å². The molecule has 11 nitrogen and oxygen atoms in total. The van der Waals surface area contributed by atoms with Crippen molar-refractivity contribution in [2.75, 3.05) is 6.54 Å². The summed E-state index contributed by atoms with van der Waals surface area (Å²) in [6, 6.07) is 22.8. The largest absolute Gasteiger partial charge is 0.465 e. The third kappa shape index (κ3) is 11.4. The molecular weight excluding hydrogens is 584 g/mol. The molecule has 236 valence electrons. The number of amides is 3. The number of nitrogens with two attached hydrogens (primary N) is 1. The standard InChI is InChI=1S/C32H40N4O7S/c1-32(2,21-34-31(40)41)20-29(38)36-27(17-23-12-7-4-8-13-23)28(37)19-25(16-22-10-5-3-6-11-22)35-30(39)24-14-9-15-26(18-24)44(33,42)43/h3-15,18,25,27-28,34,37H,16-17,19-21H2,1-2H3,(H,35,39)(H,36,38)(H,40,41)(H2,33,42,43)/t25-,27-,28+/m0/s1. The van der Waals surface area contributed by atoms with Crippen LogP contribution in [0.4, 0.5) is 4.79 Å². The molecule has 0 aliphatic carbocycles. The van der Waals surface area contributed by atoms with Crippen molar-refractivity contribution in [3.05, 3.63) is 102 Å². The Morgan fingerprint density at radius 1 is 0.864 bits per heavy atom. The quantitative estimate of drug-likeness (QED) is 0.150. The fourth-order valence-electron chi connectivity index (χ4n) is 4.85. The summed E-state index contributed by atoms with van der Waals surface area (Å²) in [5.74, 6) is -0.898. The van der Waals surface area contributed by atoms with Gasteiger partial charge in [-0.3, -0.25) is 9.59 Å². The van der Waals surface area contributed by atoms with E-state index in [4.69, 9.17) is 10.2 Å². The highest BCUT2D eigenvalue weighted by atomic mass is 32.2. The molecule has 12 heteroatoms. The predicted molar refractivity (Wildman–Crippen MR) is 166 cm³/mol. The van der Waals surface area contributed by atoms with Crippen molar-refractivity contribution < 1.29 is 33.0 Å². The number of benzene rings is 3. The van der Waals surface area contributed by atoms with Crippen molar-refractivity contribution >= 4 is 27.9 Å². The molecule has 0 heterocycles. The van der Waals surface area contributed by atoms with Crippen LogP contribution in [0.3, 0.4) is 0 Å². The molecule has 0 unspecified atom stereocenters. The van der Waals surface area contributed by atoms with Crippen LogP contribution >= 0.6 is 0 Å². The highest BCUT2D eigenvalue weighted by Gasteiger charge is 2.29. The minimum atomic E-state index is -4.02. The first-order valence-electron chi connectivity index (χ1n) is 14.2. The summed E-state index contributed by atoms with van der Waals surface area (Å²) in [6.45, 7) is 3.60. The van der Waals surface area contributed by atoms with E-state index in [0.717, 1.165) is 11.1 Å². The van der Waals surface area contributed by atoms with Gasteiger partial charge in [0.15, 0.2) is 0 Å². The highest BCUT2D eigenvalue weighted by molar-refractivity contribution is 7.89. The maximum atomic E-state index is 13.3. The van der Waals surface area contributed by atoms with Gasteiger partial charge in [0.1, 0.15) is 0 Å². The molecule has 0 radical (unpaired) electrons. The van der Waals surface area contributed by atoms with Gasteiger partial charge in [-0.25, -0.2) is 18.4 Å². The molecule has 0 bridgehead atoms. The number of hydrogen-bond donors (Lipinski definition) is 6. The van der Waals surface area contributed by atoms with E-state index in [1.165, 1.54) is 24.3 Å². The highest BCUT2D eigenvalue weighted by Crippen LogP contribution is 2.20. The Morgan fingerprint density at radius 2 is 1.45 bits per heavy atom. The normalized spacial score (nSPS) is 13.7. The van der Waals surface area contributed by atoms with Crippen molar-refractivity contribution in [3.63, 3.8) is 0 Å². The molecule has 0 aliphatic rings. The number of nitrogens with one attached hydrogen (secondary N) is 3. The number of hydrogen-bond acceptors (Lipinski definition) is 6. The first-order chi connectivity index (χ1) is 20.7. The SMILES string of the molecule is CC(C)(CNC(=O)O)CC(=O)N[C@@H](Cc1ccccc1)[C@H](O)C[C@H](Cc1ccccc1)NC(=O)c1cccc(S(N)(=O)=O)c1. The lowest BCUT2D eigenvalue weighted by Crippen LogP contribution is -2.49. The summed E-state index contributed by atoms with van der Waals surface area (Å²) in [5.41, 5.74) is 1.20. The van der Waals surface area contributed by atoms with E-state index in [1.54, 1.807) is 13.8 Å². The molecule has 0 spiro atoms. The Morgan fingerprint density at radius 3 is 2.02 bits per heavy atom. The van der Waals surface area contributed by atoms with Gasteiger partial charge in [0.05, 0.1) is 17.0 Å². The second kappa shape index (κ2) is 15.5. The van der Waals surface area contributed by atoms with Crippen LogP contribution in [0.25, 0.3) is 0 Å². The van der Waals surface area contributed by atoms with Gasteiger partial charge < -0.3 is 26.2 Å².